The molecule has 0 bridgehead atoms. The number of benzene rings is 1. The Hall–Kier alpha value is -1.56. The van der Waals surface area contributed by atoms with Gasteiger partial charge in [-0.3, -0.25) is 4.79 Å². The number of likely N-dealkylation sites (N-methyl/N-ethyl adjacent to an activating group) is 1. The van der Waals surface area contributed by atoms with Gasteiger partial charge in [-0.15, -0.1) is 0 Å². The number of halogens is 3. The van der Waals surface area contributed by atoms with E-state index in [1.54, 1.807) is 11.9 Å². The van der Waals surface area contributed by atoms with Gasteiger partial charge in [-0.1, -0.05) is 0 Å². The van der Waals surface area contributed by atoms with E-state index >= 15 is 0 Å². The Labute approximate surface area is 110 Å². The van der Waals surface area contributed by atoms with E-state index in [1.165, 1.54) is 19.2 Å². The van der Waals surface area contributed by atoms with Gasteiger partial charge in [-0.2, -0.15) is 13.2 Å². The molecule has 0 radical (unpaired) electrons. The molecule has 0 fully saturated rings. The van der Waals surface area contributed by atoms with Crippen molar-refractivity contribution >= 4 is 12.0 Å². The van der Waals surface area contributed by atoms with Crippen molar-refractivity contribution in [1.29, 1.82) is 0 Å². The number of hydrogen-bond donors (Lipinski definition) is 0. The fraction of sp³-hybridized carbons (Fsp3) is 0.462. The zero-order chi connectivity index (χ0) is 14.6. The summed E-state index contributed by atoms with van der Waals surface area (Å²) >= 11 is 0. The Balaban J connectivity index is 3.15. The van der Waals surface area contributed by atoms with Gasteiger partial charge in [0.2, 0.25) is 0 Å². The summed E-state index contributed by atoms with van der Waals surface area (Å²) in [7, 11) is 3.21. The average molecular weight is 275 g/mol. The standard InChI is InChI=1S/C13H16F3NO2/c1-9(8-19-3)17(2)11-5-4-10(7-18)12(6-11)13(14,15)16/h4-7,9H,8H2,1-3H3. The van der Waals surface area contributed by atoms with Crippen molar-refractivity contribution in [3.05, 3.63) is 29.3 Å². The summed E-state index contributed by atoms with van der Waals surface area (Å²) in [5.41, 5.74) is -0.886. The molecule has 0 heterocycles. The Morgan fingerprint density at radius 2 is 2.05 bits per heavy atom. The lowest BCUT2D eigenvalue weighted by Crippen LogP contribution is -2.32. The van der Waals surface area contributed by atoms with Crippen LogP contribution in [0.4, 0.5) is 18.9 Å². The molecule has 0 spiro atoms. The number of carbonyl (C=O) groups is 1. The van der Waals surface area contributed by atoms with Crippen molar-refractivity contribution < 1.29 is 22.7 Å². The Kier molecular flexibility index (Phi) is 4.94. The molecule has 19 heavy (non-hydrogen) atoms. The molecular weight excluding hydrogens is 259 g/mol. The number of carbonyl (C=O) groups excluding carboxylic acids is 1. The zero-order valence-electron chi connectivity index (χ0n) is 11.0. The van der Waals surface area contributed by atoms with E-state index in [1.807, 2.05) is 6.92 Å². The number of aldehydes is 1. The van der Waals surface area contributed by atoms with Crippen LogP contribution in [0.5, 0.6) is 0 Å². The minimum absolute atomic E-state index is 0.0758. The molecule has 6 heteroatoms. The second kappa shape index (κ2) is 6.06. The van der Waals surface area contributed by atoms with E-state index in [2.05, 4.69) is 0 Å². The number of anilines is 1. The van der Waals surface area contributed by atoms with Gasteiger partial charge in [0.25, 0.3) is 0 Å². The highest BCUT2D eigenvalue weighted by Crippen LogP contribution is 2.34. The SMILES string of the molecule is COCC(C)N(C)c1ccc(C=O)c(C(F)(F)F)c1. The van der Waals surface area contributed by atoms with Crippen LogP contribution < -0.4 is 4.90 Å². The number of alkyl halides is 3. The van der Waals surface area contributed by atoms with Crippen molar-refractivity contribution in [2.24, 2.45) is 0 Å². The third kappa shape index (κ3) is 3.70. The summed E-state index contributed by atoms with van der Waals surface area (Å²) < 4.78 is 43.4. The maximum absolute atomic E-state index is 12.8. The van der Waals surface area contributed by atoms with Crippen LogP contribution >= 0.6 is 0 Å². The topological polar surface area (TPSA) is 29.5 Å². The van der Waals surface area contributed by atoms with Gasteiger partial charge < -0.3 is 9.64 Å². The summed E-state index contributed by atoms with van der Waals surface area (Å²) in [5, 5.41) is 0. The van der Waals surface area contributed by atoms with Crippen molar-refractivity contribution in [2.75, 3.05) is 25.7 Å². The number of hydrogen-bond acceptors (Lipinski definition) is 3. The minimum atomic E-state index is -4.54. The van der Waals surface area contributed by atoms with Gasteiger partial charge in [-0.25, -0.2) is 0 Å². The molecule has 0 saturated heterocycles. The van der Waals surface area contributed by atoms with Gasteiger partial charge >= 0.3 is 6.18 Å². The summed E-state index contributed by atoms with van der Waals surface area (Å²) in [5.74, 6) is 0. The highest BCUT2D eigenvalue weighted by Gasteiger charge is 2.34. The van der Waals surface area contributed by atoms with Crippen LogP contribution in [-0.2, 0) is 10.9 Å². The molecule has 1 atom stereocenters. The first kappa shape index (κ1) is 15.5. The monoisotopic (exact) mass is 275 g/mol. The van der Waals surface area contributed by atoms with Gasteiger partial charge in [0, 0.05) is 31.5 Å². The molecule has 0 amide bonds. The summed E-state index contributed by atoms with van der Waals surface area (Å²) in [6.45, 7) is 2.23. The third-order valence-corrected chi connectivity index (χ3v) is 2.95. The van der Waals surface area contributed by atoms with E-state index in [9.17, 15) is 18.0 Å². The largest absolute Gasteiger partial charge is 0.417 e. The fourth-order valence-corrected chi connectivity index (χ4v) is 1.72. The first-order valence-electron chi connectivity index (χ1n) is 5.69. The van der Waals surface area contributed by atoms with Crippen LogP contribution in [-0.4, -0.2) is 33.1 Å². The minimum Gasteiger partial charge on any atom is -0.383 e. The predicted molar refractivity (Wildman–Crippen MR) is 66.6 cm³/mol. The average Bonchev–Trinajstić information content (AvgIpc) is 2.36. The number of rotatable bonds is 5. The predicted octanol–water partition coefficient (Wildman–Crippen LogP) is 2.99. The Morgan fingerprint density at radius 3 is 2.53 bits per heavy atom. The molecule has 1 aromatic rings. The van der Waals surface area contributed by atoms with Gasteiger partial charge in [-0.05, 0) is 25.1 Å². The van der Waals surface area contributed by atoms with E-state index in [0.717, 1.165) is 6.07 Å². The van der Waals surface area contributed by atoms with E-state index in [4.69, 9.17) is 4.74 Å². The number of ether oxygens (including phenoxy) is 1. The smallest absolute Gasteiger partial charge is 0.383 e. The van der Waals surface area contributed by atoms with Crippen LogP contribution in [0, 0.1) is 0 Å². The van der Waals surface area contributed by atoms with Crippen molar-refractivity contribution in [2.45, 2.75) is 19.1 Å². The molecule has 1 rings (SSSR count). The highest BCUT2D eigenvalue weighted by molar-refractivity contribution is 5.79. The second-order valence-corrected chi connectivity index (χ2v) is 4.30. The first-order chi connectivity index (χ1) is 8.81. The maximum atomic E-state index is 12.8. The lowest BCUT2D eigenvalue weighted by atomic mass is 10.1. The maximum Gasteiger partial charge on any atom is 0.417 e. The lowest BCUT2D eigenvalue weighted by Gasteiger charge is -2.27. The highest BCUT2D eigenvalue weighted by atomic mass is 19.4. The molecule has 3 nitrogen and oxygen atoms in total. The molecule has 1 aromatic carbocycles. The lowest BCUT2D eigenvalue weighted by molar-refractivity contribution is -0.137. The Bertz CT molecular complexity index is 446. The quantitative estimate of drug-likeness (QED) is 0.774. The molecule has 0 aliphatic rings. The summed E-state index contributed by atoms with van der Waals surface area (Å²) in [6.07, 6.45) is -4.33. The first-order valence-corrected chi connectivity index (χ1v) is 5.69. The molecular formula is C13H16F3NO2. The molecule has 106 valence electrons. The molecule has 0 saturated carbocycles. The van der Waals surface area contributed by atoms with Crippen molar-refractivity contribution in [3.63, 3.8) is 0 Å². The van der Waals surface area contributed by atoms with Crippen LogP contribution in [0.15, 0.2) is 18.2 Å². The fourth-order valence-electron chi connectivity index (χ4n) is 1.72. The molecule has 0 N–H and O–H groups in total. The van der Waals surface area contributed by atoms with Crippen LogP contribution in [0.25, 0.3) is 0 Å². The van der Waals surface area contributed by atoms with Gasteiger partial charge in [0.1, 0.15) is 0 Å². The van der Waals surface area contributed by atoms with E-state index in [0.29, 0.717) is 12.3 Å². The summed E-state index contributed by atoms with van der Waals surface area (Å²) in [6, 6.07) is 3.58. The van der Waals surface area contributed by atoms with Crippen molar-refractivity contribution in [3.8, 4) is 0 Å². The number of methoxy groups -OCH3 is 1. The summed E-state index contributed by atoms with van der Waals surface area (Å²) in [4.78, 5) is 12.3. The normalized spacial score (nSPS) is 13.2. The van der Waals surface area contributed by atoms with E-state index < -0.39 is 11.7 Å². The van der Waals surface area contributed by atoms with Gasteiger partial charge in [0.15, 0.2) is 6.29 Å². The molecule has 1 unspecified atom stereocenters. The second-order valence-electron chi connectivity index (χ2n) is 4.30. The molecule has 0 aliphatic heterocycles. The van der Waals surface area contributed by atoms with Crippen LogP contribution in [0.2, 0.25) is 0 Å². The Morgan fingerprint density at radius 1 is 1.42 bits per heavy atom. The van der Waals surface area contributed by atoms with Crippen LogP contribution in [0.3, 0.4) is 0 Å². The van der Waals surface area contributed by atoms with E-state index in [-0.39, 0.29) is 17.9 Å². The van der Waals surface area contributed by atoms with Gasteiger partial charge in [0.05, 0.1) is 12.2 Å². The van der Waals surface area contributed by atoms with Crippen LogP contribution in [0.1, 0.15) is 22.8 Å². The van der Waals surface area contributed by atoms with Crippen molar-refractivity contribution in [1.82, 2.24) is 0 Å². The third-order valence-electron chi connectivity index (χ3n) is 2.95. The zero-order valence-corrected chi connectivity index (χ0v) is 11.0. The number of nitrogens with zero attached hydrogens (tertiary/aromatic N) is 1. The molecule has 0 aliphatic carbocycles. The molecule has 0 aromatic heterocycles.